The Morgan fingerprint density at radius 1 is 0.952 bits per heavy atom. The molecule has 224 valence electrons. The Balaban J connectivity index is 1.11. The third-order valence-electron chi connectivity index (χ3n) is 8.30. The molecule has 1 saturated heterocycles. The van der Waals surface area contributed by atoms with Crippen molar-refractivity contribution >= 4 is 28.5 Å². The van der Waals surface area contributed by atoms with Gasteiger partial charge < -0.3 is 25.0 Å². The average Bonchev–Trinajstić information content (AvgIpc) is 3.41. The first-order valence-electron chi connectivity index (χ1n) is 15.4. The van der Waals surface area contributed by atoms with Crippen LogP contribution in [0.15, 0.2) is 66.7 Å². The number of nitrogens with one attached hydrogen (secondary N) is 2. The Morgan fingerprint density at radius 3 is 2.48 bits per heavy atom. The fraction of sp³-hybridized carbons (Fsp3) is 0.486. The van der Waals surface area contributed by atoms with Gasteiger partial charge in [0, 0.05) is 30.9 Å². The van der Waals surface area contributed by atoms with Gasteiger partial charge in [0.1, 0.15) is 11.7 Å². The first-order chi connectivity index (χ1) is 20.1. The lowest BCUT2D eigenvalue weighted by atomic mass is 9.92. The van der Waals surface area contributed by atoms with Crippen LogP contribution < -0.4 is 15.5 Å². The van der Waals surface area contributed by atoms with Crippen LogP contribution in [0.2, 0.25) is 0 Å². The summed E-state index contributed by atoms with van der Waals surface area (Å²) in [5, 5.41) is 9.35. The van der Waals surface area contributed by atoms with Gasteiger partial charge >= 0.3 is 12.1 Å². The molecule has 3 aromatic rings. The summed E-state index contributed by atoms with van der Waals surface area (Å²) in [6.45, 7) is 9.70. The van der Waals surface area contributed by atoms with E-state index in [2.05, 4.69) is 77.1 Å². The molecule has 7 heteroatoms. The maximum atomic E-state index is 12.8. The molecule has 1 saturated carbocycles. The Bertz CT molecular complexity index is 1360. The number of rotatable bonds is 8. The summed E-state index contributed by atoms with van der Waals surface area (Å²) >= 11 is 0. The van der Waals surface area contributed by atoms with Gasteiger partial charge in [0.2, 0.25) is 0 Å². The lowest BCUT2D eigenvalue weighted by Crippen LogP contribution is -2.48. The third kappa shape index (κ3) is 7.82. The fourth-order valence-electron chi connectivity index (χ4n) is 6.27. The highest BCUT2D eigenvalue weighted by atomic mass is 16.6. The zero-order valence-electron chi connectivity index (χ0n) is 25.4. The molecule has 7 nitrogen and oxygen atoms in total. The van der Waals surface area contributed by atoms with Crippen LogP contribution in [0.3, 0.4) is 0 Å². The van der Waals surface area contributed by atoms with Crippen LogP contribution in [0.1, 0.15) is 77.0 Å². The van der Waals surface area contributed by atoms with Gasteiger partial charge in [-0.3, -0.25) is 4.79 Å². The molecule has 0 radical (unpaired) electrons. The smallest absolute Gasteiger partial charge is 0.408 e. The molecule has 2 fully saturated rings. The van der Waals surface area contributed by atoms with Crippen molar-refractivity contribution in [3.63, 3.8) is 0 Å². The number of carbonyl (C=O) groups excluding carboxylic acids is 2. The van der Waals surface area contributed by atoms with E-state index in [0.29, 0.717) is 6.04 Å². The number of ether oxygens (including phenoxy) is 2. The Labute approximate surface area is 250 Å². The van der Waals surface area contributed by atoms with E-state index in [1.807, 2.05) is 32.9 Å². The Kier molecular flexibility index (Phi) is 9.37. The molecule has 1 heterocycles. The summed E-state index contributed by atoms with van der Waals surface area (Å²) in [6, 6.07) is 23.8. The number of amides is 1. The standard InChI is InChI=1S/C35H45N3O4/c1-24(29-13-9-11-26-10-5-6-12-30(26)29)36-27-20-21-38(23-27)28-18-16-25(17-19-28)22-33(39)41-32-15-8-7-14-31(32)37-34(40)42-35(2,3)4/h5-6,9-13,16-19,24,27,31-32,36H,7-8,14-15,20-23H2,1-4H3,(H,37,40)/t24-,27+,31+,32+/m1/s1. The second-order valence-electron chi connectivity index (χ2n) is 12.8. The molecule has 2 N–H and O–H groups in total. The summed E-state index contributed by atoms with van der Waals surface area (Å²) in [6.07, 6.45) is 3.99. The van der Waals surface area contributed by atoms with E-state index >= 15 is 0 Å². The molecule has 0 bridgehead atoms. The van der Waals surface area contributed by atoms with Crippen LogP contribution in [0, 0.1) is 0 Å². The molecule has 0 unspecified atom stereocenters. The lowest BCUT2D eigenvalue weighted by Gasteiger charge is -2.32. The molecule has 3 aromatic carbocycles. The van der Waals surface area contributed by atoms with Gasteiger partial charge in [-0.05, 0) is 87.4 Å². The minimum atomic E-state index is -0.570. The molecule has 0 spiro atoms. The number of hydrogen-bond donors (Lipinski definition) is 2. The van der Waals surface area contributed by atoms with Crippen LogP contribution in [-0.4, -0.2) is 48.9 Å². The van der Waals surface area contributed by atoms with Crippen molar-refractivity contribution in [3.8, 4) is 0 Å². The molecule has 42 heavy (non-hydrogen) atoms. The second kappa shape index (κ2) is 13.2. The van der Waals surface area contributed by atoms with Crippen molar-refractivity contribution in [2.75, 3.05) is 18.0 Å². The van der Waals surface area contributed by atoms with E-state index in [-0.39, 0.29) is 30.6 Å². The molecule has 4 atom stereocenters. The number of benzene rings is 3. The molecule has 0 aromatic heterocycles. The Morgan fingerprint density at radius 2 is 1.69 bits per heavy atom. The lowest BCUT2D eigenvalue weighted by molar-refractivity contribution is -0.151. The van der Waals surface area contributed by atoms with Crippen LogP contribution >= 0.6 is 0 Å². The quantitative estimate of drug-likeness (QED) is 0.293. The van der Waals surface area contributed by atoms with Crippen LogP contribution in [0.5, 0.6) is 0 Å². The first kappa shape index (κ1) is 29.9. The Hall–Kier alpha value is -3.58. The van der Waals surface area contributed by atoms with Crippen molar-refractivity contribution in [2.24, 2.45) is 0 Å². The van der Waals surface area contributed by atoms with Crippen molar-refractivity contribution in [1.82, 2.24) is 10.6 Å². The van der Waals surface area contributed by atoms with E-state index in [0.717, 1.165) is 50.8 Å². The average molecular weight is 572 g/mol. The van der Waals surface area contributed by atoms with Gasteiger partial charge in [0.05, 0.1) is 12.5 Å². The predicted molar refractivity (Wildman–Crippen MR) is 168 cm³/mol. The molecular formula is C35H45N3O4. The van der Waals surface area contributed by atoms with E-state index in [9.17, 15) is 9.59 Å². The second-order valence-corrected chi connectivity index (χ2v) is 12.8. The molecule has 1 amide bonds. The summed E-state index contributed by atoms with van der Waals surface area (Å²) in [5.74, 6) is -0.265. The van der Waals surface area contributed by atoms with Crippen molar-refractivity contribution in [1.29, 1.82) is 0 Å². The van der Waals surface area contributed by atoms with Gasteiger partial charge in [-0.15, -0.1) is 0 Å². The SMILES string of the molecule is C[C@@H](N[C@H]1CCN(c2ccc(CC(=O)O[C@H]3CCCC[C@@H]3NC(=O)OC(C)(C)C)cc2)C1)c1cccc2ccccc12. The van der Waals surface area contributed by atoms with Crippen molar-refractivity contribution < 1.29 is 19.1 Å². The number of nitrogens with zero attached hydrogens (tertiary/aromatic N) is 1. The third-order valence-corrected chi connectivity index (χ3v) is 8.30. The number of esters is 1. The van der Waals surface area contributed by atoms with E-state index in [1.54, 1.807) is 0 Å². The number of anilines is 1. The van der Waals surface area contributed by atoms with Crippen molar-refractivity contribution in [3.05, 3.63) is 77.9 Å². The topological polar surface area (TPSA) is 79.9 Å². The highest BCUT2D eigenvalue weighted by molar-refractivity contribution is 5.86. The monoisotopic (exact) mass is 571 g/mol. The molecular weight excluding hydrogens is 526 g/mol. The van der Waals surface area contributed by atoms with Crippen LogP contribution in [0.25, 0.3) is 10.8 Å². The summed E-state index contributed by atoms with van der Waals surface area (Å²) in [5.41, 5.74) is 2.86. The first-order valence-corrected chi connectivity index (χ1v) is 15.4. The van der Waals surface area contributed by atoms with Gasteiger partial charge in [0.15, 0.2) is 0 Å². The van der Waals surface area contributed by atoms with Gasteiger partial charge in [-0.25, -0.2) is 4.79 Å². The molecule has 2 aliphatic rings. The number of carbonyl (C=O) groups is 2. The fourth-order valence-corrected chi connectivity index (χ4v) is 6.27. The zero-order chi connectivity index (χ0) is 29.7. The van der Waals surface area contributed by atoms with Crippen LogP contribution in [0.4, 0.5) is 10.5 Å². The van der Waals surface area contributed by atoms with Crippen LogP contribution in [-0.2, 0) is 20.7 Å². The van der Waals surface area contributed by atoms with Gasteiger partial charge in [-0.2, -0.15) is 0 Å². The normalized spacial score (nSPS) is 21.6. The maximum Gasteiger partial charge on any atom is 0.408 e. The molecule has 5 rings (SSSR count). The van der Waals surface area contributed by atoms with Gasteiger partial charge in [0.25, 0.3) is 0 Å². The van der Waals surface area contributed by atoms with E-state index in [1.165, 1.54) is 22.0 Å². The highest BCUT2D eigenvalue weighted by Crippen LogP contribution is 2.27. The highest BCUT2D eigenvalue weighted by Gasteiger charge is 2.31. The number of fused-ring (bicyclic) bond motifs is 1. The molecule has 1 aliphatic carbocycles. The number of hydrogen-bond acceptors (Lipinski definition) is 6. The summed E-state index contributed by atoms with van der Waals surface area (Å²) < 4.78 is 11.3. The summed E-state index contributed by atoms with van der Waals surface area (Å²) in [4.78, 5) is 27.5. The van der Waals surface area contributed by atoms with E-state index < -0.39 is 11.7 Å². The van der Waals surface area contributed by atoms with Gasteiger partial charge in [-0.1, -0.05) is 61.0 Å². The van der Waals surface area contributed by atoms with E-state index in [4.69, 9.17) is 9.47 Å². The van der Waals surface area contributed by atoms with Crippen molar-refractivity contribution in [2.45, 2.75) is 96.1 Å². The zero-order valence-corrected chi connectivity index (χ0v) is 25.4. The minimum absolute atomic E-state index is 0.211. The number of alkyl carbamates (subject to hydrolysis) is 1. The predicted octanol–water partition coefficient (Wildman–Crippen LogP) is 6.69. The molecule has 1 aliphatic heterocycles. The minimum Gasteiger partial charge on any atom is -0.460 e. The maximum absolute atomic E-state index is 12.8. The summed E-state index contributed by atoms with van der Waals surface area (Å²) in [7, 11) is 0. The largest absolute Gasteiger partial charge is 0.460 e.